The third kappa shape index (κ3) is 4.00. The van der Waals surface area contributed by atoms with Gasteiger partial charge in [0.25, 0.3) is 0 Å². The zero-order chi connectivity index (χ0) is 12.8. The molecule has 2 rings (SSSR count). The molecule has 98 valence electrons. The highest BCUT2D eigenvalue weighted by molar-refractivity contribution is 5.67. The predicted molar refractivity (Wildman–Crippen MR) is 65.9 cm³/mol. The number of alkyl halides is 1. The Labute approximate surface area is 106 Å². The highest BCUT2D eigenvalue weighted by Crippen LogP contribution is 2.08. The summed E-state index contributed by atoms with van der Waals surface area (Å²) in [6, 6.07) is 9.46. The zero-order valence-electron chi connectivity index (χ0n) is 10.1. The van der Waals surface area contributed by atoms with Gasteiger partial charge in [-0.2, -0.15) is 0 Å². The largest absolute Gasteiger partial charge is 0.445 e. The second-order valence-electron chi connectivity index (χ2n) is 4.38. The van der Waals surface area contributed by atoms with Crippen LogP contribution < -0.4 is 10.6 Å². The molecule has 0 aliphatic carbocycles. The van der Waals surface area contributed by atoms with Gasteiger partial charge in [0.15, 0.2) is 0 Å². The summed E-state index contributed by atoms with van der Waals surface area (Å²) in [5.41, 5.74) is 0.940. The Kier molecular flexibility index (Phi) is 4.52. The summed E-state index contributed by atoms with van der Waals surface area (Å²) in [6.45, 7) is 1.01. The number of ether oxygens (including phenoxy) is 1. The standard InChI is InChI=1S/C13H17FN2O2/c14-11-6-12(15-7-11)8-16-13(17)18-9-10-4-2-1-3-5-10/h1-5,11-12,15H,6-9H2,(H,16,17). The number of hydrogen-bond acceptors (Lipinski definition) is 3. The Morgan fingerprint density at radius 2 is 2.22 bits per heavy atom. The average Bonchev–Trinajstić information content (AvgIpc) is 2.81. The van der Waals surface area contributed by atoms with Crippen LogP contribution in [0.15, 0.2) is 30.3 Å². The van der Waals surface area contributed by atoms with Crippen LogP contribution in [0.25, 0.3) is 0 Å². The van der Waals surface area contributed by atoms with E-state index >= 15 is 0 Å². The first-order valence-electron chi connectivity index (χ1n) is 6.06. The Hall–Kier alpha value is -1.62. The van der Waals surface area contributed by atoms with Crippen LogP contribution in [-0.2, 0) is 11.3 Å². The molecule has 1 aliphatic rings. The van der Waals surface area contributed by atoms with Crippen molar-refractivity contribution >= 4 is 6.09 Å². The van der Waals surface area contributed by atoms with E-state index in [2.05, 4.69) is 10.6 Å². The molecule has 0 spiro atoms. The third-order valence-electron chi connectivity index (χ3n) is 2.87. The van der Waals surface area contributed by atoms with Gasteiger partial charge in [0.1, 0.15) is 12.8 Å². The summed E-state index contributed by atoms with van der Waals surface area (Å²) in [5.74, 6) is 0. The van der Waals surface area contributed by atoms with Crippen LogP contribution in [0.1, 0.15) is 12.0 Å². The van der Waals surface area contributed by atoms with E-state index in [0.717, 1.165) is 5.56 Å². The normalized spacial score (nSPS) is 22.7. The van der Waals surface area contributed by atoms with Crippen molar-refractivity contribution in [1.29, 1.82) is 0 Å². The van der Waals surface area contributed by atoms with Crippen LogP contribution >= 0.6 is 0 Å². The molecule has 5 heteroatoms. The molecule has 2 unspecified atom stereocenters. The zero-order valence-corrected chi connectivity index (χ0v) is 10.1. The Morgan fingerprint density at radius 3 is 2.89 bits per heavy atom. The molecule has 1 heterocycles. The average molecular weight is 252 g/mol. The molecule has 0 aromatic heterocycles. The molecule has 0 radical (unpaired) electrons. The molecule has 4 nitrogen and oxygen atoms in total. The van der Waals surface area contributed by atoms with Crippen molar-refractivity contribution in [2.75, 3.05) is 13.1 Å². The van der Waals surface area contributed by atoms with Gasteiger partial charge < -0.3 is 15.4 Å². The van der Waals surface area contributed by atoms with Gasteiger partial charge in [-0.3, -0.25) is 0 Å². The van der Waals surface area contributed by atoms with E-state index in [4.69, 9.17) is 4.74 Å². The van der Waals surface area contributed by atoms with Gasteiger partial charge in [0, 0.05) is 19.1 Å². The maximum absolute atomic E-state index is 12.9. The molecule has 0 bridgehead atoms. The summed E-state index contributed by atoms with van der Waals surface area (Å²) < 4.78 is 17.9. The minimum Gasteiger partial charge on any atom is -0.445 e. The molecule has 18 heavy (non-hydrogen) atoms. The van der Waals surface area contributed by atoms with E-state index in [1.54, 1.807) is 0 Å². The summed E-state index contributed by atoms with van der Waals surface area (Å²) in [5, 5.41) is 5.62. The number of nitrogens with one attached hydrogen (secondary N) is 2. The molecule has 0 saturated carbocycles. The smallest absolute Gasteiger partial charge is 0.407 e. The highest BCUT2D eigenvalue weighted by Gasteiger charge is 2.23. The topological polar surface area (TPSA) is 50.4 Å². The van der Waals surface area contributed by atoms with Gasteiger partial charge in [-0.25, -0.2) is 9.18 Å². The third-order valence-corrected chi connectivity index (χ3v) is 2.87. The molecular formula is C13H17FN2O2. The van der Waals surface area contributed by atoms with Crippen LogP contribution in [0.5, 0.6) is 0 Å². The molecule has 2 N–H and O–H groups in total. The number of carbonyl (C=O) groups excluding carboxylic acids is 1. The summed E-state index contributed by atoms with van der Waals surface area (Å²) in [6.07, 6.45) is -0.834. The van der Waals surface area contributed by atoms with Gasteiger partial charge in [0.05, 0.1) is 0 Å². The maximum Gasteiger partial charge on any atom is 0.407 e. The molecular weight excluding hydrogens is 235 g/mol. The van der Waals surface area contributed by atoms with Gasteiger partial charge in [-0.15, -0.1) is 0 Å². The first kappa shape index (κ1) is 12.8. The van der Waals surface area contributed by atoms with Gasteiger partial charge in [-0.05, 0) is 12.0 Å². The van der Waals surface area contributed by atoms with E-state index < -0.39 is 12.3 Å². The Bertz CT molecular complexity index is 386. The van der Waals surface area contributed by atoms with E-state index in [0.29, 0.717) is 19.5 Å². The molecule has 2 atom stereocenters. The minimum absolute atomic E-state index is 0.00396. The predicted octanol–water partition coefficient (Wildman–Crippen LogP) is 1.61. The number of carbonyl (C=O) groups is 1. The summed E-state index contributed by atoms with van der Waals surface area (Å²) in [4.78, 5) is 11.4. The molecule has 1 fully saturated rings. The van der Waals surface area contributed by atoms with Crippen molar-refractivity contribution in [3.05, 3.63) is 35.9 Å². The summed E-state index contributed by atoms with van der Waals surface area (Å²) >= 11 is 0. The molecule has 1 saturated heterocycles. The van der Waals surface area contributed by atoms with Crippen molar-refractivity contribution in [3.8, 4) is 0 Å². The fourth-order valence-electron chi connectivity index (χ4n) is 1.91. The number of benzene rings is 1. The molecule has 1 aromatic rings. The summed E-state index contributed by atoms with van der Waals surface area (Å²) in [7, 11) is 0. The van der Waals surface area contributed by atoms with Gasteiger partial charge >= 0.3 is 6.09 Å². The fourth-order valence-corrected chi connectivity index (χ4v) is 1.91. The van der Waals surface area contributed by atoms with E-state index in [1.165, 1.54) is 0 Å². The number of alkyl carbamates (subject to hydrolysis) is 1. The second-order valence-corrected chi connectivity index (χ2v) is 4.38. The van der Waals surface area contributed by atoms with Crippen molar-refractivity contribution in [2.45, 2.75) is 25.2 Å². The van der Waals surface area contributed by atoms with E-state index in [-0.39, 0.29) is 12.6 Å². The van der Waals surface area contributed by atoms with Crippen LogP contribution in [0.2, 0.25) is 0 Å². The lowest BCUT2D eigenvalue weighted by Gasteiger charge is -2.11. The number of halogens is 1. The van der Waals surface area contributed by atoms with E-state index in [9.17, 15) is 9.18 Å². The van der Waals surface area contributed by atoms with Crippen molar-refractivity contribution in [2.24, 2.45) is 0 Å². The molecule has 1 aromatic carbocycles. The molecule has 1 amide bonds. The number of rotatable bonds is 4. The SMILES string of the molecule is O=C(NCC1CC(F)CN1)OCc1ccccc1. The van der Waals surface area contributed by atoms with Gasteiger partial charge in [-0.1, -0.05) is 30.3 Å². The quantitative estimate of drug-likeness (QED) is 0.856. The lowest BCUT2D eigenvalue weighted by molar-refractivity contribution is 0.138. The van der Waals surface area contributed by atoms with Crippen molar-refractivity contribution in [1.82, 2.24) is 10.6 Å². The van der Waals surface area contributed by atoms with Crippen molar-refractivity contribution in [3.63, 3.8) is 0 Å². The van der Waals surface area contributed by atoms with Crippen molar-refractivity contribution < 1.29 is 13.9 Å². The van der Waals surface area contributed by atoms with Crippen LogP contribution in [-0.4, -0.2) is 31.4 Å². The lowest BCUT2D eigenvalue weighted by Crippen LogP contribution is -2.37. The minimum atomic E-state index is -0.808. The second kappa shape index (κ2) is 6.35. The first-order valence-corrected chi connectivity index (χ1v) is 6.06. The van der Waals surface area contributed by atoms with Crippen LogP contribution in [0.3, 0.4) is 0 Å². The maximum atomic E-state index is 12.9. The van der Waals surface area contributed by atoms with Crippen LogP contribution in [0, 0.1) is 0 Å². The van der Waals surface area contributed by atoms with Gasteiger partial charge in [0.2, 0.25) is 0 Å². The molecule has 1 aliphatic heterocycles. The number of hydrogen-bond donors (Lipinski definition) is 2. The van der Waals surface area contributed by atoms with Crippen LogP contribution in [0.4, 0.5) is 9.18 Å². The monoisotopic (exact) mass is 252 g/mol. The fraction of sp³-hybridized carbons (Fsp3) is 0.462. The number of amides is 1. The highest BCUT2D eigenvalue weighted by atomic mass is 19.1. The van der Waals surface area contributed by atoms with E-state index in [1.807, 2.05) is 30.3 Å². The lowest BCUT2D eigenvalue weighted by atomic mass is 10.2. The Balaban J connectivity index is 1.63. The first-order chi connectivity index (χ1) is 8.74. The Morgan fingerprint density at radius 1 is 1.44 bits per heavy atom.